The summed E-state index contributed by atoms with van der Waals surface area (Å²) in [5, 5.41) is 11.8. The summed E-state index contributed by atoms with van der Waals surface area (Å²) in [6.45, 7) is 2.45. The summed E-state index contributed by atoms with van der Waals surface area (Å²) in [7, 11) is 0. The van der Waals surface area contributed by atoms with E-state index in [0.29, 0.717) is 13.0 Å². The van der Waals surface area contributed by atoms with Crippen LogP contribution >= 0.6 is 0 Å². The van der Waals surface area contributed by atoms with Crippen molar-refractivity contribution >= 4 is 11.9 Å². The van der Waals surface area contributed by atoms with Crippen molar-refractivity contribution in [1.82, 2.24) is 5.32 Å². The molecule has 2 N–H and O–H groups in total. The summed E-state index contributed by atoms with van der Waals surface area (Å²) < 4.78 is 5.34. The van der Waals surface area contributed by atoms with Gasteiger partial charge in [-0.05, 0) is 18.9 Å². The van der Waals surface area contributed by atoms with Crippen LogP contribution in [0.4, 0.5) is 0 Å². The van der Waals surface area contributed by atoms with Gasteiger partial charge in [-0.3, -0.25) is 4.79 Å². The van der Waals surface area contributed by atoms with Crippen molar-refractivity contribution in [1.29, 1.82) is 0 Å². The number of carboxylic acids is 1. The second kappa shape index (κ2) is 6.52. The van der Waals surface area contributed by atoms with E-state index >= 15 is 0 Å². The Morgan fingerprint density at radius 1 is 1.40 bits per heavy atom. The zero-order valence-electron chi connectivity index (χ0n) is 11.4. The highest BCUT2D eigenvalue weighted by Crippen LogP contribution is 2.33. The van der Waals surface area contributed by atoms with Crippen LogP contribution in [0.15, 0.2) is 30.3 Å². The van der Waals surface area contributed by atoms with Gasteiger partial charge in [-0.1, -0.05) is 30.3 Å². The van der Waals surface area contributed by atoms with Crippen LogP contribution in [-0.4, -0.2) is 35.7 Å². The Morgan fingerprint density at radius 2 is 2.10 bits per heavy atom. The monoisotopic (exact) mass is 277 g/mol. The molecular weight excluding hydrogens is 258 g/mol. The van der Waals surface area contributed by atoms with Crippen LogP contribution in [0.1, 0.15) is 18.9 Å². The number of ether oxygens (including phenoxy) is 1. The summed E-state index contributed by atoms with van der Waals surface area (Å²) in [4.78, 5) is 23.2. The number of rotatable bonds is 7. The maximum Gasteiger partial charge on any atom is 0.326 e. The van der Waals surface area contributed by atoms with Crippen LogP contribution in [0.5, 0.6) is 0 Å². The van der Waals surface area contributed by atoms with Gasteiger partial charge < -0.3 is 15.2 Å². The fraction of sp³-hybridized carbons (Fsp3) is 0.467. The first-order chi connectivity index (χ1) is 9.61. The molecule has 0 aromatic heterocycles. The highest BCUT2D eigenvalue weighted by atomic mass is 16.5. The van der Waals surface area contributed by atoms with E-state index in [9.17, 15) is 14.7 Å². The largest absolute Gasteiger partial charge is 0.480 e. The minimum absolute atomic E-state index is 0.0498. The Morgan fingerprint density at radius 3 is 2.70 bits per heavy atom. The maximum atomic E-state index is 11.9. The Kier molecular flexibility index (Phi) is 4.74. The van der Waals surface area contributed by atoms with Crippen LogP contribution in [-0.2, 0) is 20.7 Å². The quantitative estimate of drug-likeness (QED) is 0.786. The first kappa shape index (κ1) is 14.5. The van der Waals surface area contributed by atoms with Gasteiger partial charge in [0, 0.05) is 13.0 Å². The van der Waals surface area contributed by atoms with E-state index < -0.39 is 12.0 Å². The number of hydrogen-bond donors (Lipinski definition) is 2. The molecule has 1 aromatic carbocycles. The third kappa shape index (κ3) is 3.81. The molecule has 1 aliphatic carbocycles. The lowest BCUT2D eigenvalue weighted by Gasteiger charge is -2.14. The van der Waals surface area contributed by atoms with Crippen LogP contribution in [0.2, 0.25) is 0 Å². The van der Waals surface area contributed by atoms with Gasteiger partial charge in [0.05, 0.1) is 12.0 Å². The van der Waals surface area contributed by atoms with Crippen molar-refractivity contribution in [3.63, 3.8) is 0 Å². The molecule has 2 rings (SSSR count). The molecule has 1 aromatic rings. The standard InChI is InChI=1S/C15H19NO4/c1-2-20-13-9-11(13)14(17)16-12(15(18)19)8-10-6-4-3-5-7-10/h3-7,11-13H,2,8-9H2,1H3,(H,16,17)(H,18,19). The third-order valence-corrected chi connectivity index (χ3v) is 3.35. The fourth-order valence-corrected chi connectivity index (χ4v) is 2.17. The summed E-state index contributed by atoms with van der Waals surface area (Å²) in [6.07, 6.45) is 0.914. The Bertz CT molecular complexity index is 474. The lowest BCUT2D eigenvalue weighted by atomic mass is 10.1. The van der Waals surface area contributed by atoms with Gasteiger partial charge in [0.15, 0.2) is 0 Å². The Hall–Kier alpha value is -1.88. The average molecular weight is 277 g/mol. The van der Waals surface area contributed by atoms with Crippen molar-refractivity contribution in [2.45, 2.75) is 31.9 Å². The van der Waals surface area contributed by atoms with Gasteiger partial charge in [-0.15, -0.1) is 0 Å². The number of carboxylic acid groups (broad SMARTS) is 1. The van der Waals surface area contributed by atoms with Gasteiger partial charge >= 0.3 is 5.97 Å². The van der Waals surface area contributed by atoms with Crippen molar-refractivity contribution in [3.05, 3.63) is 35.9 Å². The Balaban J connectivity index is 1.90. The summed E-state index contributed by atoms with van der Waals surface area (Å²) in [5.41, 5.74) is 0.886. The number of benzene rings is 1. The van der Waals surface area contributed by atoms with E-state index in [1.807, 2.05) is 37.3 Å². The normalized spacial score (nSPS) is 22.1. The van der Waals surface area contributed by atoms with E-state index in [1.54, 1.807) is 0 Å². The van der Waals surface area contributed by atoms with Crippen molar-refractivity contribution < 1.29 is 19.4 Å². The molecule has 0 radical (unpaired) electrons. The third-order valence-electron chi connectivity index (χ3n) is 3.35. The zero-order chi connectivity index (χ0) is 14.5. The molecule has 3 atom stereocenters. The zero-order valence-corrected chi connectivity index (χ0v) is 11.4. The first-order valence-electron chi connectivity index (χ1n) is 6.80. The molecule has 0 heterocycles. The van der Waals surface area contributed by atoms with Crippen molar-refractivity contribution in [3.8, 4) is 0 Å². The molecule has 5 heteroatoms. The van der Waals surface area contributed by atoms with Crippen LogP contribution in [0.25, 0.3) is 0 Å². The lowest BCUT2D eigenvalue weighted by Crippen LogP contribution is -2.43. The van der Waals surface area contributed by atoms with Gasteiger partial charge in [-0.25, -0.2) is 4.79 Å². The Labute approximate surface area is 117 Å². The summed E-state index contributed by atoms with van der Waals surface area (Å²) in [6, 6.07) is 8.37. The average Bonchev–Trinajstić information content (AvgIpc) is 3.19. The number of amides is 1. The van der Waals surface area contributed by atoms with E-state index in [-0.39, 0.29) is 24.3 Å². The number of aliphatic carboxylic acids is 1. The molecule has 0 spiro atoms. The SMILES string of the molecule is CCOC1CC1C(=O)NC(Cc1ccccc1)C(=O)O. The van der Waals surface area contributed by atoms with E-state index in [4.69, 9.17) is 4.74 Å². The van der Waals surface area contributed by atoms with Crippen LogP contribution < -0.4 is 5.32 Å². The predicted molar refractivity (Wildman–Crippen MR) is 73.2 cm³/mol. The second-order valence-electron chi connectivity index (χ2n) is 4.93. The van der Waals surface area contributed by atoms with Gasteiger partial charge in [-0.2, -0.15) is 0 Å². The molecule has 20 heavy (non-hydrogen) atoms. The molecule has 0 saturated heterocycles. The summed E-state index contributed by atoms with van der Waals surface area (Å²) in [5.74, 6) is -1.45. The first-order valence-corrected chi connectivity index (χ1v) is 6.80. The molecule has 0 bridgehead atoms. The van der Waals surface area contributed by atoms with E-state index in [2.05, 4.69) is 5.32 Å². The second-order valence-corrected chi connectivity index (χ2v) is 4.93. The van der Waals surface area contributed by atoms with Crippen LogP contribution in [0.3, 0.4) is 0 Å². The van der Waals surface area contributed by atoms with Crippen LogP contribution in [0, 0.1) is 5.92 Å². The lowest BCUT2D eigenvalue weighted by molar-refractivity contribution is -0.142. The van der Waals surface area contributed by atoms with Gasteiger partial charge in [0.1, 0.15) is 6.04 Å². The smallest absolute Gasteiger partial charge is 0.326 e. The number of hydrogen-bond acceptors (Lipinski definition) is 3. The molecule has 5 nitrogen and oxygen atoms in total. The minimum Gasteiger partial charge on any atom is -0.480 e. The van der Waals surface area contributed by atoms with E-state index in [0.717, 1.165) is 5.56 Å². The highest BCUT2D eigenvalue weighted by Gasteiger charge is 2.44. The van der Waals surface area contributed by atoms with Gasteiger partial charge in [0.25, 0.3) is 0 Å². The molecule has 108 valence electrons. The number of carbonyl (C=O) groups excluding carboxylic acids is 1. The molecule has 1 saturated carbocycles. The maximum absolute atomic E-state index is 11.9. The van der Waals surface area contributed by atoms with Crippen molar-refractivity contribution in [2.24, 2.45) is 5.92 Å². The molecular formula is C15H19NO4. The number of carbonyl (C=O) groups is 2. The number of nitrogens with one attached hydrogen (secondary N) is 1. The minimum atomic E-state index is -1.02. The fourth-order valence-electron chi connectivity index (χ4n) is 2.17. The van der Waals surface area contributed by atoms with E-state index in [1.165, 1.54) is 0 Å². The summed E-state index contributed by atoms with van der Waals surface area (Å²) >= 11 is 0. The molecule has 1 fully saturated rings. The predicted octanol–water partition coefficient (Wildman–Crippen LogP) is 1.22. The van der Waals surface area contributed by atoms with Gasteiger partial charge in [0.2, 0.25) is 5.91 Å². The molecule has 0 aliphatic heterocycles. The molecule has 1 amide bonds. The molecule has 1 aliphatic rings. The topological polar surface area (TPSA) is 75.6 Å². The molecule has 3 unspecified atom stereocenters. The van der Waals surface area contributed by atoms with Crippen molar-refractivity contribution in [2.75, 3.05) is 6.61 Å². The highest BCUT2D eigenvalue weighted by molar-refractivity contribution is 5.87.